The number of rotatable bonds is 1. The van der Waals surface area contributed by atoms with Gasteiger partial charge in [-0.25, -0.2) is 13.6 Å². The fraction of sp³-hybridized carbons (Fsp3) is 0.111. The fourth-order valence-electron chi connectivity index (χ4n) is 1.33. The molecule has 2 aromatic rings. The second-order valence-corrected chi connectivity index (χ2v) is 4.66. The van der Waals surface area contributed by atoms with E-state index in [1.807, 2.05) is 0 Å². The Hall–Kier alpha value is -1.33. The van der Waals surface area contributed by atoms with Crippen LogP contribution in [-0.4, -0.2) is 8.42 Å². The highest BCUT2D eigenvalue weighted by atomic mass is 32.2. The van der Waals surface area contributed by atoms with Crippen LogP contribution in [0.1, 0.15) is 5.76 Å². The van der Waals surface area contributed by atoms with Crippen LogP contribution >= 0.6 is 0 Å². The molecule has 0 aliphatic rings. The number of fused-ring (bicyclic) bond motifs is 1. The van der Waals surface area contributed by atoms with Crippen molar-refractivity contribution >= 4 is 21.0 Å². The molecule has 2 rings (SSSR count). The van der Waals surface area contributed by atoms with Crippen LogP contribution in [0.25, 0.3) is 11.0 Å². The number of hydrogen-bond donors (Lipinski definition) is 1. The van der Waals surface area contributed by atoms with E-state index < -0.39 is 10.0 Å². The van der Waals surface area contributed by atoms with Crippen LogP contribution in [-0.2, 0) is 10.0 Å². The Labute approximate surface area is 81.4 Å². The summed E-state index contributed by atoms with van der Waals surface area (Å²) in [5.41, 5.74) is 0.662. The van der Waals surface area contributed by atoms with Gasteiger partial charge in [0.25, 0.3) is 0 Å². The summed E-state index contributed by atoms with van der Waals surface area (Å²) in [5, 5.41) is 5.74. The van der Waals surface area contributed by atoms with Gasteiger partial charge in [0.1, 0.15) is 11.3 Å². The number of nitrogens with two attached hydrogens (primary N) is 1. The Morgan fingerprint density at radius 3 is 2.64 bits per heavy atom. The molecule has 0 fully saturated rings. The second-order valence-electron chi connectivity index (χ2n) is 3.10. The van der Waals surface area contributed by atoms with E-state index >= 15 is 0 Å². The Morgan fingerprint density at radius 1 is 1.29 bits per heavy atom. The maximum Gasteiger partial charge on any atom is 0.238 e. The Morgan fingerprint density at radius 2 is 2.00 bits per heavy atom. The topological polar surface area (TPSA) is 73.3 Å². The number of furan rings is 1. The highest BCUT2D eigenvalue weighted by Crippen LogP contribution is 2.21. The standard InChI is InChI=1S/C9H9NO3S/c1-6-4-7-5-8(14(10,11)12)2-3-9(7)13-6/h2-5H,1H3,(H2,10,11,12). The highest BCUT2D eigenvalue weighted by Gasteiger charge is 2.09. The molecule has 4 nitrogen and oxygen atoms in total. The van der Waals surface area contributed by atoms with Gasteiger partial charge < -0.3 is 4.42 Å². The molecule has 1 aromatic heterocycles. The molecule has 14 heavy (non-hydrogen) atoms. The van der Waals surface area contributed by atoms with Crippen molar-refractivity contribution in [1.29, 1.82) is 0 Å². The zero-order valence-electron chi connectivity index (χ0n) is 7.52. The van der Waals surface area contributed by atoms with Gasteiger partial charge in [-0.1, -0.05) is 0 Å². The Kier molecular flexibility index (Phi) is 1.87. The molecular weight excluding hydrogens is 202 g/mol. The molecule has 0 unspecified atom stereocenters. The van der Waals surface area contributed by atoms with Gasteiger partial charge in [-0.15, -0.1) is 0 Å². The smallest absolute Gasteiger partial charge is 0.238 e. The van der Waals surface area contributed by atoms with Gasteiger partial charge in [0.2, 0.25) is 10.0 Å². The first-order valence-corrected chi connectivity index (χ1v) is 5.54. The van der Waals surface area contributed by atoms with Gasteiger partial charge in [-0.05, 0) is 31.2 Å². The lowest BCUT2D eigenvalue weighted by Gasteiger charge is -1.96. The summed E-state index contributed by atoms with van der Waals surface area (Å²) < 4.78 is 27.4. The van der Waals surface area contributed by atoms with E-state index in [0.29, 0.717) is 5.58 Å². The van der Waals surface area contributed by atoms with E-state index in [1.54, 1.807) is 19.1 Å². The van der Waals surface area contributed by atoms with Crippen molar-refractivity contribution in [3.8, 4) is 0 Å². The van der Waals surface area contributed by atoms with Crippen molar-refractivity contribution in [2.45, 2.75) is 11.8 Å². The minimum Gasteiger partial charge on any atom is -0.461 e. The van der Waals surface area contributed by atoms with Gasteiger partial charge in [0.05, 0.1) is 4.90 Å². The van der Waals surface area contributed by atoms with E-state index in [-0.39, 0.29) is 4.90 Å². The number of aryl methyl sites for hydroxylation is 1. The quantitative estimate of drug-likeness (QED) is 0.774. The Bertz CT molecular complexity index is 583. The maximum atomic E-state index is 11.0. The van der Waals surface area contributed by atoms with Crippen LogP contribution in [0, 0.1) is 6.92 Å². The molecule has 0 radical (unpaired) electrons. The third-order valence-corrected chi connectivity index (χ3v) is 2.85. The van der Waals surface area contributed by atoms with E-state index in [1.165, 1.54) is 12.1 Å². The molecule has 0 saturated carbocycles. The monoisotopic (exact) mass is 211 g/mol. The predicted octanol–water partition coefficient (Wildman–Crippen LogP) is 1.39. The minimum atomic E-state index is -3.63. The lowest BCUT2D eigenvalue weighted by molar-refractivity contribution is 0.578. The van der Waals surface area contributed by atoms with Crippen molar-refractivity contribution < 1.29 is 12.8 Å². The van der Waals surface area contributed by atoms with Gasteiger partial charge in [0, 0.05) is 5.39 Å². The average Bonchev–Trinajstić information content (AvgIpc) is 2.41. The molecular formula is C9H9NO3S. The van der Waals surface area contributed by atoms with Gasteiger partial charge >= 0.3 is 0 Å². The van der Waals surface area contributed by atoms with Crippen LogP contribution in [0.5, 0.6) is 0 Å². The van der Waals surface area contributed by atoms with E-state index in [0.717, 1.165) is 11.1 Å². The Balaban J connectivity index is 2.74. The molecule has 0 spiro atoms. The molecule has 0 bridgehead atoms. The first kappa shape index (κ1) is 9.23. The first-order valence-electron chi connectivity index (χ1n) is 4.00. The number of sulfonamides is 1. The third-order valence-electron chi connectivity index (χ3n) is 1.94. The average molecular weight is 211 g/mol. The summed E-state index contributed by atoms with van der Waals surface area (Å²) >= 11 is 0. The normalized spacial score (nSPS) is 12.1. The summed E-state index contributed by atoms with van der Waals surface area (Å²) in [6.45, 7) is 1.80. The predicted molar refractivity (Wildman–Crippen MR) is 52.3 cm³/mol. The lowest BCUT2D eigenvalue weighted by Crippen LogP contribution is -2.11. The summed E-state index contributed by atoms with van der Waals surface area (Å²) in [7, 11) is -3.63. The van der Waals surface area contributed by atoms with Gasteiger partial charge in [-0.2, -0.15) is 0 Å². The van der Waals surface area contributed by atoms with Gasteiger partial charge in [-0.3, -0.25) is 0 Å². The molecule has 2 N–H and O–H groups in total. The van der Waals surface area contributed by atoms with Gasteiger partial charge in [0.15, 0.2) is 0 Å². The largest absolute Gasteiger partial charge is 0.461 e. The molecule has 5 heteroatoms. The minimum absolute atomic E-state index is 0.103. The molecule has 0 saturated heterocycles. The van der Waals surface area contributed by atoms with Crippen molar-refractivity contribution in [3.63, 3.8) is 0 Å². The van der Waals surface area contributed by atoms with Crippen LogP contribution < -0.4 is 5.14 Å². The number of benzene rings is 1. The van der Waals surface area contributed by atoms with E-state index in [4.69, 9.17) is 9.56 Å². The number of hydrogen-bond acceptors (Lipinski definition) is 3. The van der Waals surface area contributed by atoms with E-state index in [9.17, 15) is 8.42 Å². The summed E-state index contributed by atoms with van der Waals surface area (Å²) in [6.07, 6.45) is 0. The summed E-state index contributed by atoms with van der Waals surface area (Å²) in [5.74, 6) is 0.742. The summed E-state index contributed by atoms with van der Waals surface area (Å²) in [6, 6.07) is 6.30. The zero-order valence-corrected chi connectivity index (χ0v) is 8.34. The van der Waals surface area contributed by atoms with Crippen LogP contribution in [0.3, 0.4) is 0 Å². The highest BCUT2D eigenvalue weighted by molar-refractivity contribution is 7.89. The maximum absolute atomic E-state index is 11.0. The molecule has 0 amide bonds. The molecule has 0 aliphatic heterocycles. The molecule has 0 atom stereocenters. The van der Waals surface area contributed by atoms with Crippen LogP contribution in [0.15, 0.2) is 33.6 Å². The fourth-order valence-corrected chi connectivity index (χ4v) is 1.88. The molecule has 74 valence electrons. The summed E-state index contributed by atoms with van der Waals surface area (Å²) in [4.78, 5) is 0.103. The lowest BCUT2D eigenvalue weighted by atomic mass is 10.2. The molecule has 1 heterocycles. The zero-order chi connectivity index (χ0) is 10.3. The number of primary sulfonamides is 1. The van der Waals surface area contributed by atoms with E-state index in [2.05, 4.69) is 0 Å². The third kappa shape index (κ3) is 1.51. The molecule has 1 aromatic carbocycles. The van der Waals surface area contributed by atoms with Crippen LogP contribution in [0.4, 0.5) is 0 Å². The second kappa shape index (κ2) is 2.83. The van der Waals surface area contributed by atoms with Crippen molar-refractivity contribution in [1.82, 2.24) is 0 Å². The van der Waals surface area contributed by atoms with Crippen molar-refractivity contribution in [3.05, 3.63) is 30.0 Å². The SMILES string of the molecule is Cc1cc2cc(S(N)(=O)=O)ccc2o1. The molecule has 0 aliphatic carbocycles. The van der Waals surface area contributed by atoms with Crippen molar-refractivity contribution in [2.75, 3.05) is 0 Å². The van der Waals surface area contributed by atoms with Crippen molar-refractivity contribution in [2.24, 2.45) is 5.14 Å². The first-order chi connectivity index (χ1) is 6.47. The van der Waals surface area contributed by atoms with Crippen LogP contribution in [0.2, 0.25) is 0 Å².